The number of imidazole rings is 1. The largest absolute Gasteiger partial charge is 0.296 e. The third-order valence-corrected chi connectivity index (χ3v) is 7.75. The molecule has 3 atom stereocenters. The third-order valence-electron chi connectivity index (χ3n) is 7.75. The van der Waals surface area contributed by atoms with Gasteiger partial charge in [-0.25, -0.2) is 9.37 Å². The molecule has 35 heavy (non-hydrogen) atoms. The van der Waals surface area contributed by atoms with Gasteiger partial charge in [-0.3, -0.25) is 14.3 Å². The van der Waals surface area contributed by atoms with Gasteiger partial charge in [0.2, 0.25) is 0 Å². The number of allylic oxidation sites excluding steroid dienone is 2. The van der Waals surface area contributed by atoms with Crippen LogP contribution in [0.3, 0.4) is 0 Å². The number of Topliss-reactive ketones (excluding diaryl/α,β-unsaturated/α-hetero) is 1. The van der Waals surface area contributed by atoms with E-state index in [0.29, 0.717) is 17.9 Å². The quantitative estimate of drug-likeness (QED) is 0.382. The predicted molar refractivity (Wildman–Crippen MR) is 131 cm³/mol. The standard InChI is InChI=1S/C29H23FN4O/c1-17-23-10-11-25-27(29(23,2)15-18(16-31)26(17)35)33-28(34(25)20-7-5-6-19(30)14-20)22-12-13-32-24-9-4-3-8-21(22)24/h3-9,12-15,17,23H,10-11H2,1-2H3/t17-,23-,29-/m1/s1. The first kappa shape index (κ1) is 21.4. The molecule has 2 aliphatic carbocycles. The molecule has 0 spiro atoms. The van der Waals surface area contributed by atoms with Gasteiger partial charge in [0.25, 0.3) is 0 Å². The maximum atomic E-state index is 14.4. The summed E-state index contributed by atoms with van der Waals surface area (Å²) < 4.78 is 16.4. The summed E-state index contributed by atoms with van der Waals surface area (Å²) in [4.78, 5) is 22.5. The van der Waals surface area contributed by atoms with Crippen LogP contribution in [0.5, 0.6) is 0 Å². The number of fused-ring (bicyclic) bond motifs is 4. The lowest BCUT2D eigenvalue weighted by Crippen LogP contribution is -2.45. The normalized spacial score (nSPS) is 23.4. The summed E-state index contributed by atoms with van der Waals surface area (Å²) in [5.41, 5.74) is 3.90. The molecule has 2 aliphatic rings. The van der Waals surface area contributed by atoms with Crippen molar-refractivity contribution in [1.82, 2.24) is 14.5 Å². The van der Waals surface area contributed by atoms with Gasteiger partial charge in [-0.2, -0.15) is 5.26 Å². The molecule has 5 nitrogen and oxygen atoms in total. The predicted octanol–water partition coefficient (Wildman–Crippen LogP) is 5.72. The number of nitrogens with zero attached hydrogens (tertiary/aromatic N) is 4. The number of pyridine rings is 1. The van der Waals surface area contributed by atoms with Crippen LogP contribution in [0.15, 0.2) is 72.4 Å². The number of benzene rings is 2. The molecule has 6 heteroatoms. The van der Waals surface area contributed by atoms with Crippen molar-refractivity contribution in [1.29, 1.82) is 5.26 Å². The molecule has 2 heterocycles. The van der Waals surface area contributed by atoms with Gasteiger partial charge in [-0.15, -0.1) is 0 Å². The van der Waals surface area contributed by atoms with Crippen LogP contribution in [-0.4, -0.2) is 20.3 Å². The molecule has 4 aromatic rings. The van der Waals surface area contributed by atoms with Crippen LogP contribution in [0.2, 0.25) is 0 Å². The molecule has 0 N–H and O–H groups in total. The van der Waals surface area contributed by atoms with E-state index in [9.17, 15) is 14.4 Å². The minimum Gasteiger partial charge on any atom is -0.296 e. The number of aromatic nitrogens is 3. The third kappa shape index (κ3) is 3.08. The van der Waals surface area contributed by atoms with Crippen molar-refractivity contribution >= 4 is 16.7 Å². The lowest BCUT2D eigenvalue weighted by Gasteiger charge is -2.44. The Bertz CT molecular complexity index is 1590. The zero-order valence-corrected chi connectivity index (χ0v) is 19.5. The van der Waals surface area contributed by atoms with Gasteiger partial charge in [0.05, 0.1) is 22.5 Å². The second-order valence-corrected chi connectivity index (χ2v) is 9.67. The molecular formula is C29H23FN4O. The van der Waals surface area contributed by atoms with Crippen molar-refractivity contribution in [2.45, 2.75) is 32.1 Å². The summed E-state index contributed by atoms with van der Waals surface area (Å²) in [6.45, 7) is 3.99. The maximum Gasteiger partial charge on any atom is 0.176 e. The Hall–Kier alpha value is -4.11. The monoisotopic (exact) mass is 462 g/mol. The smallest absolute Gasteiger partial charge is 0.176 e. The lowest BCUT2D eigenvalue weighted by atomic mass is 9.58. The molecule has 0 saturated carbocycles. The second kappa shape index (κ2) is 7.71. The lowest BCUT2D eigenvalue weighted by molar-refractivity contribution is -0.121. The average Bonchev–Trinajstić information content (AvgIpc) is 3.27. The van der Waals surface area contributed by atoms with E-state index in [1.807, 2.05) is 54.0 Å². The Morgan fingerprint density at radius 2 is 2.00 bits per heavy atom. The van der Waals surface area contributed by atoms with Crippen molar-refractivity contribution < 1.29 is 9.18 Å². The van der Waals surface area contributed by atoms with E-state index < -0.39 is 5.41 Å². The molecule has 2 aromatic carbocycles. The fourth-order valence-corrected chi connectivity index (χ4v) is 6.08. The highest BCUT2D eigenvalue weighted by molar-refractivity contribution is 6.02. The highest BCUT2D eigenvalue weighted by atomic mass is 19.1. The van der Waals surface area contributed by atoms with Gasteiger partial charge in [0.1, 0.15) is 17.7 Å². The van der Waals surface area contributed by atoms with Crippen LogP contribution in [0.1, 0.15) is 31.7 Å². The summed E-state index contributed by atoms with van der Waals surface area (Å²) in [5.74, 6) is 0.0645. The van der Waals surface area contributed by atoms with E-state index in [1.54, 1.807) is 12.3 Å². The van der Waals surface area contributed by atoms with Crippen LogP contribution >= 0.6 is 0 Å². The number of hydrogen-bond donors (Lipinski definition) is 0. The number of rotatable bonds is 2. The molecule has 172 valence electrons. The minimum atomic E-state index is -0.581. The van der Waals surface area contributed by atoms with Crippen LogP contribution in [0.25, 0.3) is 28.0 Å². The van der Waals surface area contributed by atoms with E-state index in [0.717, 1.165) is 34.3 Å². The summed E-state index contributed by atoms with van der Waals surface area (Å²) >= 11 is 0. The Morgan fingerprint density at radius 1 is 1.17 bits per heavy atom. The Morgan fingerprint density at radius 3 is 2.80 bits per heavy atom. The second-order valence-electron chi connectivity index (χ2n) is 9.67. The number of carbonyl (C=O) groups is 1. The zero-order valence-electron chi connectivity index (χ0n) is 19.5. The Balaban J connectivity index is 1.69. The first-order valence-electron chi connectivity index (χ1n) is 11.8. The topological polar surface area (TPSA) is 71.6 Å². The SMILES string of the molecule is C[C@H]1C(=O)C(C#N)=C[C@@]2(C)c3nc(-c4ccnc5ccccc45)n(-c4cccc(F)c4)c3CC[C@H]12. The van der Waals surface area contributed by atoms with E-state index in [-0.39, 0.29) is 29.0 Å². The van der Waals surface area contributed by atoms with Gasteiger partial charge < -0.3 is 0 Å². The summed E-state index contributed by atoms with van der Waals surface area (Å²) in [5, 5.41) is 10.6. The van der Waals surface area contributed by atoms with Crippen molar-refractivity contribution in [3.63, 3.8) is 0 Å². The van der Waals surface area contributed by atoms with E-state index in [1.165, 1.54) is 12.1 Å². The molecule has 0 aliphatic heterocycles. The minimum absolute atomic E-state index is 0.0393. The van der Waals surface area contributed by atoms with Crippen LogP contribution in [0.4, 0.5) is 4.39 Å². The number of nitriles is 1. The molecule has 0 radical (unpaired) electrons. The van der Waals surface area contributed by atoms with Crippen molar-refractivity contribution in [3.8, 4) is 23.1 Å². The number of carbonyl (C=O) groups excluding carboxylic acids is 1. The molecule has 0 unspecified atom stereocenters. The average molecular weight is 463 g/mol. The van der Waals surface area contributed by atoms with Crippen molar-refractivity contribution in [2.75, 3.05) is 0 Å². The van der Waals surface area contributed by atoms with Crippen LogP contribution in [-0.2, 0) is 16.6 Å². The number of halogens is 1. The highest BCUT2D eigenvalue weighted by Crippen LogP contribution is 2.51. The number of ketones is 1. The first-order chi connectivity index (χ1) is 16.9. The van der Waals surface area contributed by atoms with Gasteiger partial charge in [0, 0.05) is 34.2 Å². The van der Waals surface area contributed by atoms with E-state index in [2.05, 4.69) is 18.0 Å². The van der Waals surface area contributed by atoms with Crippen molar-refractivity contribution in [3.05, 3.63) is 89.6 Å². The molecule has 2 aromatic heterocycles. The fraction of sp³-hybridized carbons (Fsp3) is 0.241. The molecule has 0 amide bonds. The van der Waals surface area contributed by atoms with E-state index >= 15 is 0 Å². The Labute approximate surface area is 202 Å². The van der Waals surface area contributed by atoms with Crippen molar-refractivity contribution in [2.24, 2.45) is 11.8 Å². The van der Waals surface area contributed by atoms with E-state index in [4.69, 9.17) is 4.98 Å². The van der Waals surface area contributed by atoms with Gasteiger partial charge in [-0.05, 0) is 49.1 Å². The molecule has 0 fully saturated rings. The zero-order chi connectivity index (χ0) is 24.3. The number of hydrogen-bond acceptors (Lipinski definition) is 4. The highest BCUT2D eigenvalue weighted by Gasteiger charge is 2.50. The van der Waals surface area contributed by atoms with Gasteiger partial charge in [0.15, 0.2) is 5.78 Å². The van der Waals surface area contributed by atoms with Gasteiger partial charge in [-0.1, -0.05) is 44.2 Å². The molecule has 0 bridgehead atoms. The summed E-state index contributed by atoms with van der Waals surface area (Å²) in [6, 6.07) is 18.5. The fourth-order valence-electron chi connectivity index (χ4n) is 6.08. The molecule has 6 rings (SSSR count). The first-order valence-corrected chi connectivity index (χ1v) is 11.8. The van der Waals surface area contributed by atoms with Gasteiger partial charge >= 0.3 is 0 Å². The molecular weight excluding hydrogens is 439 g/mol. The van der Waals surface area contributed by atoms with Crippen LogP contribution < -0.4 is 0 Å². The number of para-hydroxylation sites is 1. The van der Waals surface area contributed by atoms with Crippen LogP contribution in [0, 0.1) is 29.0 Å². The Kier molecular flexibility index (Phi) is 4.72. The maximum absolute atomic E-state index is 14.4. The summed E-state index contributed by atoms with van der Waals surface area (Å²) in [6.07, 6.45) is 5.06. The molecule has 0 saturated heterocycles. The summed E-state index contributed by atoms with van der Waals surface area (Å²) in [7, 11) is 0.